The molecule has 1 fully saturated rings. The van der Waals surface area contributed by atoms with Gasteiger partial charge in [0.05, 0.1) is 24.8 Å². The minimum Gasteiger partial charge on any atom is -0.481 e. The molecular weight excluding hydrogens is 262 g/mol. The number of likely N-dealkylation sites (N-methyl/N-ethyl adjacent to an activating group) is 1. The molecule has 2 unspecified atom stereocenters. The number of hydrogen-bond donors (Lipinski definition) is 2. The van der Waals surface area contributed by atoms with Gasteiger partial charge in [-0.05, 0) is 19.1 Å². The van der Waals surface area contributed by atoms with E-state index in [-0.39, 0.29) is 24.8 Å². The van der Waals surface area contributed by atoms with Gasteiger partial charge in [-0.15, -0.1) is 0 Å². The number of primary amides is 1. The second kappa shape index (κ2) is 5.46. The number of carboxylic acid groups (broad SMARTS) is 1. The lowest BCUT2D eigenvalue weighted by molar-refractivity contribution is -0.141. The molecule has 0 spiro atoms. The van der Waals surface area contributed by atoms with E-state index in [1.807, 2.05) is 0 Å². The second-order valence-corrected chi connectivity index (χ2v) is 4.85. The van der Waals surface area contributed by atoms with Gasteiger partial charge in [0.15, 0.2) is 0 Å². The first-order valence-electron chi connectivity index (χ1n) is 6.22. The summed E-state index contributed by atoms with van der Waals surface area (Å²) in [6, 6.07) is 2.92. The molecule has 1 aliphatic rings. The number of ether oxygens (including phenoxy) is 1. The van der Waals surface area contributed by atoms with Crippen molar-refractivity contribution in [2.24, 2.45) is 11.7 Å². The third kappa shape index (κ3) is 2.57. The van der Waals surface area contributed by atoms with E-state index in [9.17, 15) is 14.7 Å². The molecule has 0 aliphatic carbocycles. The number of aliphatic carboxylic acids is 1. The second-order valence-electron chi connectivity index (χ2n) is 4.85. The molecule has 1 aromatic heterocycles. The highest BCUT2D eigenvalue weighted by molar-refractivity contribution is 5.97. The maximum atomic E-state index is 11.5. The first kappa shape index (κ1) is 14.3. The van der Waals surface area contributed by atoms with Crippen LogP contribution in [0.5, 0.6) is 0 Å². The van der Waals surface area contributed by atoms with Crippen LogP contribution in [0, 0.1) is 12.8 Å². The van der Waals surface area contributed by atoms with Gasteiger partial charge in [0.25, 0.3) is 5.91 Å². The summed E-state index contributed by atoms with van der Waals surface area (Å²) in [7, 11) is 1.70. The van der Waals surface area contributed by atoms with Crippen LogP contribution in [0.3, 0.4) is 0 Å². The molecule has 0 saturated carbocycles. The lowest BCUT2D eigenvalue weighted by atomic mass is 10.0. The van der Waals surface area contributed by atoms with Gasteiger partial charge in [0.1, 0.15) is 11.7 Å². The molecule has 0 bridgehead atoms. The monoisotopic (exact) mass is 279 g/mol. The first-order valence-corrected chi connectivity index (χ1v) is 6.22. The number of carbonyl (C=O) groups is 2. The molecule has 20 heavy (non-hydrogen) atoms. The van der Waals surface area contributed by atoms with Crippen LogP contribution in [0.2, 0.25) is 0 Å². The minimum atomic E-state index is -0.923. The highest BCUT2D eigenvalue weighted by atomic mass is 16.5. The summed E-state index contributed by atoms with van der Waals surface area (Å²) in [5.41, 5.74) is 6.34. The minimum absolute atomic E-state index is 0.155. The molecule has 1 aromatic rings. The van der Waals surface area contributed by atoms with E-state index in [0.717, 1.165) is 5.69 Å². The number of aryl methyl sites for hydroxylation is 1. The number of anilines is 1. The third-order valence-electron chi connectivity index (χ3n) is 3.48. The summed E-state index contributed by atoms with van der Waals surface area (Å²) < 4.78 is 5.24. The lowest BCUT2D eigenvalue weighted by Crippen LogP contribution is -2.42. The van der Waals surface area contributed by atoms with E-state index in [2.05, 4.69) is 4.98 Å². The highest BCUT2D eigenvalue weighted by Gasteiger charge is 2.38. The zero-order chi connectivity index (χ0) is 14.9. The Kier molecular flexibility index (Phi) is 3.89. The van der Waals surface area contributed by atoms with Crippen LogP contribution in [0.1, 0.15) is 16.1 Å². The van der Waals surface area contributed by atoms with Crippen molar-refractivity contribution >= 4 is 17.7 Å². The van der Waals surface area contributed by atoms with Gasteiger partial charge in [-0.1, -0.05) is 0 Å². The number of pyridine rings is 1. The number of rotatable bonds is 4. The molecular formula is C13H17N3O4. The summed E-state index contributed by atoms with van der Waals surface area (Å²) >= 11 is 0. The van der Waals surface area contributed by atoms with Crippen molar-refractivity contribution in [3.63, 3.8) is 0 Å². The Morgan fingerprint density at radius 1 is 1.45 bits per heavy atom. The lowest BCUT2D eigenvalue weighted by Gasteiger charge is -2.28. The Labute approximate surface area is 116 Å². The van der Waals surface area contributed by atoms with Crippen molar-refractivity contribution in [3.8, 4) is 0 Å². The molecule has 7 nitrogen and oxygen atoms in total. The zero-order valence-corrected chi connectivity index (χ0v) is 11.4. The number of nitrogens with zero attached hydrogens (tertiary/aromatic N) is 2. The average molecular weight is 279 g/mol. The molecule has 7 heteroatoms. The Hall–Kier alpha value is -2.15. The van der Waals surface area contributed by atoms with Crippen molar-refractivity contribution in [2.75, 3.05) is 25.2 Å². The summed E-state index contributed by atoms with van der Waals surface area (Å²) in [5, 5.41) is 9.19. The SMILES string of the molecule is Cc1ccc(C(N)=O)c(N(C)C2COCC2C(=O)O)n1. The Morgan fingerprint density at radius 3 is 2.75 bits per heavy atom. The number of hydrogen-bond acceptors (Lipinski definition) is 5. The Bertz CT molecular complexity index is 546. The van der Waals surface area contributed by atoms with Crippen molar-refractivity contribution in [1.82, 2.24) is 4.98 Å². The number of amides is 1. The summed E-state index contributed by atoms with van der Waals surface area (Å²) in [6.07, 6.45) is 0. The van der Waals surface area contributed by atoms with Crippen LogP contribution in [0.4, 0.5) is 5.82 Å². The predicted molar refractivity (Wildman–Crippen MR) is 71.6 cm³/mol. The van der Waals surface area contributed by atoms with Crippen molar-refractivity contribution in [1.29, 1.82) is 0 Å². The van der Waals surface area contributed by atoms with E-state index >= 15 is 0 Å². The highest BCUT2D eigenvalue weighted by Crippen LogP contribution is 2.26. The van der Waals surface area contributed by atoms with Crippen molar-refractivity contribution < 1.29 is 19.4 Å². The van der Waals surface area contributed by atoms with E-state index in [0.29, 0.717) is 5.82 Å². The van der Waals surface area contributed by atoms with E-state index in [4.69, 9.17) is 10.5 Å². The fraction of sp³-hybridized carbons (Fsp3) is 0.462. The molecule has 2 rings (SSSR count). The van der Waals surface area contributed by atoms with Crippen molar-refractivity contribution in [3.05, 3.63) is 23.4 Å². The number of nitrogens with two attached hydrogens (primary N) is 1. The molecule has 3 N–H and O–H groups in total. The van der Waals surface area contributed by atoms with Gasteiger partial charge in [0, 0.05) is 12.7 Å². The predicted octanol–water partition coefficient (Wildman–Crippen LogP) is 0.0247. The van der Waals surface area contributed by atoms with Crippen LogP contribution in [-0.2, 0) is 9.53 Å². The molecule has 2 heterocycles. The maximum Gasteiger partial charge on any atom is 0.311 e. The Balaban J connectivity index is 2.37. The summed E-state index contributed by atoms with van der Waals surface area (Å²) in [5.74, 6) is -1.78. The maximum absolute atomic E-state index is 11.5. The molecule has 1 aliphatic heterocycles. The van der Waals surface area contributed by atoms with Crippen LogP contribution < -0.4 is 10.6 Å². The van der Waals surface area contributed by atoms with Crippen LogP contribution in [-0.4, -0.2) is 48.3 Å². The van der Waals surface area contributed by atoms with Gasteiger partial charge in [0.2, 0.25) is 0 Å². The van der Waals surface area contributed by atoms with Gasteiger partial charge < -0.3 is 20.5 Å². The quantitative estimate of drug-likeness (QED) is 0.805. The number of carboxylic acids is 1. The first-order chi connectivity index (χ1) is 9.41. The fourth-order valence-corrected chi connectivity index (χ4v) is 2.32. The van der Waals surface area contributed by atoms with Gasteiger partial charge in [-0.3, -0.25) is 9.59 Å². The van der Waals surface area contributed by atoms with E-state index in [1.54, 1.807) is 31.0 Å². The van der Waals surface area contributed by atoms with Gasteiger partial charge in [-0.2, -0.15) is 0 Å². The molecule has 1 amide bonds. The van der Waals surface area contributed by atoms with Crippen LogP contribution >= 0.6 is 0 Å². The van der Waals surface area contributed by atoms with Crippen molar-refractivity contribution in [2.45, 2.75) is 13.0 Å². The summed E-state index contributed by atoms with van der Waals surface area (Å²) in [6.45, 7) is 2.23. The van der Waals surface area contributed by atoms with Crippen LogP contribution in [0.25, 0.3) is 0 Å². The molecule has 2 atom stereocenters. The van der Waals surface area contributed by atoms with E-state index < -0.39 is 17.8 Å². The number of carbonyl (C=O) groups excluding carboxylic acids is 1. The number of aromatic nitrogens is 1. The molecule has 0 radical (unpaired) electrons. The smallest absolute Gasteiger partial charge is 0.311 e. The largest absolute Gasteiger partial charge is 0.481 e. The zero-order valence-electron chi connectivity index (χ0n) is 11.4. The normalized spacial score (nSPS) is 21.7. The summed E-state index contributed by atoms with van der Waals surface area (Å²) in [4.78, 5) is 28.7. The topological polar surface area (TPSA) is 106 Å². The van der Waals surface area contributed by atoms with Crippen LogP contribution in [0.15, 0.2) is 12.1 Å². The van der Waals surface area contributed by atoms with E-state index in [1.165, 1.54) is 0 Å². The van der Waals surface area contributed by atoms with Gasteiger partial charge in [-0.25, -0.2) is 4.98 Å². The standard InChI is InChI=1S/C13H17N3O4/c1-7-3-4-8(11(14)17)12(15-7)16(2)10-6-20-5-9(10)13(18)19/h3-4,9-10H,5-6H2,1-2H3,(H2,14,17)(H,18,19). The molecule has 0 aromatic carbocycles. The Morgan fingerprint density at radius 2 is 2.15 bits per heavy atom. The fourth-order valence-electron chi connectivity index (χ4n) is 2.32. The van der Waals surface area contributed by atoms with Gasteiger partial charge >= 0.3 is 5.97 Å². The molecule has 1 saturated heterocycles. The average Bonchev–Trinajstić information content (AvgIpc) is 2.86. The third-order valence-corrected chi connectivity index (χ3v) is 3.48. The molecule has 108 valence electrons.